The molecule has 5 nitrogen and oxygen atoms in total. The van der Waals surface area contributed by atoms with E-state index >= 15 is 0 Å². The fourth-order valence-corrected chi connectivity index (χ4v) is 2.66. The van der Waals surface area contributed by atoms with Gasteiger partial charge >= 0.3 is 0 Å². The number of nitrogens with one attached hydrogen (secondary N) is 1. The van der Waals surface area contributed by atoms with Gasteiger partial charge in [-0.3, -0.25) is 4.90 Å². The lowest BCUT2D eigenvalue weighted by atomic mass is 10.1. The number of hydrogen-bond donors (Lipinski definition) is 1. The van der Waals surface area contributed by atoms with E-state index in [0.717, 1.165) is 44.1 Å². The minimum absolute atomic E-state index is 0.301. The average Bonchev–Trinajstić information content (AvgIpc) is 2.98. The zero-order valence-corrected chi connectivity index (χ0v) is 13.1. The van der Waals surface area contributed by atoms with Crippen LogP contribution in [0.15, 0.2) is 10.6 Å². The van der Waals surface area contributed by atoms with Crippen molar-refractivity contribution in [3.05, 3.63) is 17.5 Å². The van der Waals surface area contributed by atoms with Crippen LogP contribution >= 0.6 is 0 Å². The zero-order valence-electron chi connectivity index (χ0n) is 13.1. The van der Waals surface area contributed by atoms with E-state index in [1.54, 1.807) is 0 Å². The van der Waals surface area contributed by atoms with Gasteiger partial charge in [0.1, 0.15) is 0 Å². The first-order valence-electron chi connectivity index (χ1n) is 7.53. The molecule has 2 rings (SSSR count). The molecular weight excluding hydrogens is 254 g/mol. The van der Waals surface area contributed by atoms with Crippen LogP contribution in [0.3, 0.4) is 0 Å². The molecule has 1 fully saturated rings. The summed E-state index contributed by atoms with van der Waals surface area (Å²) in [7, 11) is 2.12. The molecule has 0 aromatic carbocycles. The second-order valence-corrected chi connectivity index (χ2v) is 6.16. The molecule has 1 saturated heterocycles. The molecule has 0 radical (unpaired) electrons. The van der Waals surface area contributed by atoms with E-state index in [4.69, 9.17) is 9.26 Å². The highest BCUT2D eigenvalue weighted by atomic mass is 16.5. The molecule has 1 aliphatic rings. The minimum atomic E-state index is 0.301. The Morgan fingerprint density at radius 3 is 2.95 bits per heavy atom. The lowest BCUT2D eigenvalue weighted by molar-refractivity contribution is 0.0783. The largest absolute Gasteiger partial charge is 0.377 e. The number of nitrogens with zero attached hydrogens (tertiary/aromatic N) is 2. The molecule has 0 saturated carbocycles. The van der Waals surface area contributed by atoms with Gasteiger partial charge in [0.2, 0.25) is 0 Å². The van der Waals surface area contributed by atoms with E-state index < -0.39 is 0 Å². The Balaban J connectivity index is 1.80. The summed E-state index contributed by atoms with van der Waals surface area (Å²) in [5, 5.41) is 7.49. The lowest BCUT2D eigenvalue weighted by Crippen LogP contribution is -2.36. The smallest absolute Gasteiger partial charge is 0.151 e. The Bertz CT molecular complexity index is 406. The van der Waals surface area contributed by atoms with Crippen LogP contribution in [-0.2, 0) is 17.8 Å². The van der Waals surface area contributed by atoms with Crippen LogP contribution in [0.5, 0.6) is 0 Å². The van der Waals surface area contributed by atoms with Crippen LogP contribution in [0.4, 0.5) is 0 Å². The van der Waals surface area contributed by atoms with Gasteiger partial charge in [-0.1, -0.05) is 19.0 Å². The van der Waals surface area contributed by atoms with Crippen molar-refractivity contribution in [1.29, 1.82) is 0 Å². The van der Waals surface area contributed by atoms with E-state index in [2.05, 4.69) is 43.2 Å². The molecule has 1 N–H and O–H groups in total. The van der Waals surface area contributed by atoms with Crippen LogP contribution in [0.2, 0.25) is 0 Å². The molecule has 1 aromatic rings. The molecular formula is C15H27N3O2. The second-order valence-electron chi connectivity index (χ2n) is 6.16. The third-order valence-electron chi connectivity index (χ3n) is 3.77. The molecule has 0 bridgehead atoms. The van der Waals surface area contributed by atoms with Crippen molar-refractivity contribution >= 4 is 0 Å². The highest BCUT2D eigenvalue weighted by Gasteiger charge is 2.28. The zero-order chi connectivity index (χ0) is 14.5. The number of aromatic nitrogens is 1. The summed E-state index contributed by atoms with van der Waals surface area (Å²) in [4.78, 5) is 2.30. The van der Waals surface area contributed by atoms with Crippen LogP contribution in [0.1, 0.15) is 38.6 Å². The van der Waals surface area contributed by atoms with E-state index in [0.29, 0.717) is 18.1 Å². The Morgan fingerprint density at radius 1 is 1.50 bits per heavy atom. The van der Waals surface area contributed by atoms with Crippen LogP contribution in [0, 0.1) is 5.92 Å². The average molecular weight is 281 g/mol. The van der Waals surface area contributed by atoms with Gasteiger partial charge in [-0.25, -0.2) is 0 Å². The molecule has 20 heavy (non-hydrogen) atoms. The summed E-state index contributed by atoms with van der Waals surface area (Å²) in [6, 6.07) is 2.52. The van der Waals surface area contributed by atoms with Crippen LogP contribution < -0.4 is 5.32 Å². The maximum atomic E-state index is 5.61. The summed E-state index contributed by atoms with van der Waals surface area (Å²) in [5.41, 5.74) is 0.977. The second kappa shape index (κ2) is 7.20. The van der Waals surface area contributed by atoms with Gasteiger partial charge in [-0.2, -0.15) is 0 Å². The third kappa shape index (κ3) is 4.30. The van der Waals surface area contributed by atoms with Crippen molar-refractivity contribution < 1.29 is 9.26 Å². The number of likely N-dealkylation sites (N-methyl/N-ethyl adjacent to an activating group) is 1. The summed E-state index contributed by atoms with van der Waals surface area (Å²) in [5.74, 6) is 1.57. The van der Waals surface area contributed by atoms with Gasteiger partial charge in [0, 0.05) is 25.3 Å². The van der Waals surface area contributed by atoms with Gasteiger partial charge in [0.15, 0.2) is 5.76 Å². The summed E-state index contributed by atoms with van der Waals surface area (Å²) >= 11 is 0. The molecule has 0 amide bonds. The number of rotatable bonds is 7. The van der Waals surface area contributed by atoms with Crippen molar-refractivity contribution in [2.45, 2.75) is 52.4 Å². The van der Waals surface area contributed by atoms with Crippen molar-refractivity contribution in [2.75, 3.05) is 20.2 Å². The Hall–Kier alpha value is -0.910. The number of ether oxygens (including phenoxy) is 1. The molecule has 0 aliphatic carbocycles. The van der Waals surface area contributed by atoms with Crippen molar-refractivity contribution in [1.82, 2.24) is 15.4 Å². The molecule has 5 heteroatoms. The molecule has 1 aromatic heterocycles. The maximum absolute atomic E-state index is 5.61. The molecule has 114 valence electrons. The Kier molecular flexibility index (Phi) is 5.57. The first-order chi connectivity index (χ1) is 9.56. The van der Waals surface area contributed by atoms with Gasteiger partial charge in [-0.15, -0.1) is 0 Å². The van der Waals surface area contributed by atoms with Gasteiger partial charge in [0.25, 0.3) is 0 Å². The minimum Gasteiger partial charge on any atom is -0.377 e. The highest BCUT2D eigenvalue weighted by molar-refractivity contribution is 5.05. The monoisotopic (exact) mass is 281 g/mol. The van der Waals surface area contributed by atoms with Gasteiger partial charge in [0.05, 0.1) is 18.3 Å². The quantitative estimate of drug-likeness (QED) is 0.829. The van der Waals surface area contributed by atoms with Crippen LogP contribution in [0.25, 0.3) is 0 Å². The topological polar surface area (TPSA) is 50.5 Å². The first kappa shape index (κ1) is 15.5. The summed E-state index contributed by atoms with van der Waals surface area (Å²) < 4.78 is 11.0. The molecule has 2 atom stereocenters. The predicted octanol–water partition coefficient (Wildman–Crippen LogP) is 2.03. The molecule has 2 unspecified atom stereocenters. The fraction of sp³-hybridized carbons (Fsp3) is 0.800. The van der Waals surface area contributed by atoms with Crippen molar-refractivity contribution in [3.8, 4) is 0 Å². The predicted molar refractivity (Wildman–Crippen MR) is 78.3 cm³/mol. The fourth-order valence-electron chi connectivity index (χ4n) is 2.66. The van der Waals surface area contributed by atoms with Gasteiger partial charge < -0.3 is 14.6 Å². The van der Waals surface area contributed by atoms with Crippen molar-refractivity contribution in [2.24, 2.45) is 5.92 Å². The van der Waals surface area contributed by atoms with Gasteiger partial charge in [-0.05, 0) is 32.9 Å². The number of hydrogen-bond acceptors (Lipinski definition) is 5. The third-order valence-corrected chi connectivity index (χ3v) is 3.77. The highest BCUT2D eigenvalue weighted by Crippen LogP contribution is 2.20. The van der Waals surface area contributed by atoms with E-state index in [9.17, 15) is 0 Å². The first-order valence-corrected chi connectivity index (χ1v) is 7.53. The maximum Gasteiger partial charge on any atom is 0.151 e. The lowest BCUT2D eigenvalue weighted by Gasteiger charge is -2.25. The Labute approximate surface area is 121 Å². The summed E-state index contributed by atoms with van der Waals surface area (Å²) in [6.45, 7) is 9.94. The molecule has 1 aliphatic heterocycles. The van der Waals surface area contributed by atoms with E-state index in [1.165, 1.54) is 0 Å². The van der Waals surface area contributed by atoms with E-state index in [-0.39, 0.29) is 0 Å². The standard InChI is InChI=1S/C15H27N3O2/c1-11(2)8-16-9-13-7-14(20-17-13)10-18(4)15-5-6-19-12(15)3/h7,11-12,15-16H,5-6,8-10H2,1-4H3. The SMILES string of the molecule is CC(C)CNCc1cc(CN(C)C2CCOC2C)on1. The normalized spacial score (nSPS) is 23.1. The van der Waals surface area contributed by atoms with Crippen LogP contribution in [-0.4, -0.2) is 42.4 Å². The van der Waals surface area contributed by atoms with E-state index in [1.807, 2.05) is 6.07 Å². The van der Waals surface area contributed by atoms with Crippen molar-refractivity contribution in [3.63, 3.8) is 0 Å². The molecule has 2 heterocycles. The Morgan fingerprint density at radius 2 is 2.30 bits per heavy atom. The summed E-state index contributed by atoms with van der Waals surface area (Å²) in [6.07, 6.45) is 1.39. The molecule has 0 spiro atoms.